The summed E-state index contributed by atoms with van der Waals surface area (Å²) in [7, 11) is 2.24. The molecule has 1 saturated carbocycles. The largest absolute Gasteiger partial charge is 0.483 e. The number of likely N-dealkylation sites (N-methyl/N-ethyl adjacent to an activating group) is 1. The molecule has 2 rings (SSSR count). The predicted molar refractivity (Wildman–Crippen MR) is 83.3 cm³/mol. The fourth-order valence-corrected chi connectivity index (χ4v) is 2.88. The topological polar surface area (TPSA) is 78.3 Å². The standard InChI is InChI=1S/C14H24N4.CH2O2/c1-3-18(2)14(7-5-4-6-8-14)12-17-13-11-15-9-10-16-13;2-1-3/h9-11H,3-8,12H2,1-2H3,(H,16,17);1H,(H,2,3). The molecule has 21 heavy (non-hydrogen) atoms. The van der Waals surface area contributed by atoms with Gasteiger partial charge in [0.15, 0.2) is 0 Å². The quantitative estimate of drug-likeness (QED) is 0.811. The van der Waals surface area contributed by atoms with Crippen LogP contribution in [0.15, 0.2) is 18.6 Å². The summed E-state index contributed by atoms with van der Waals surface area (Å²) in [5.74, 6) is 0.881. The van der Waals surface area contributed by atoms with Gasteiger partial charge in [-0.15, -0.1) is 0 Å². The molecular formula is C15H26N4O2. The Kier molecular flexibility index (Phi) is 7.68. The van der Waals surface area contributed by atoms with Gasteiger partial charge in [0.05, 0.1) is 6.20 Å². The Morgan fingerprint density at radius 1 is 1.38 bits per heavy atom. The van der Waals surface area contributed by atoms with Crippen molar-refractivity contribution in [2.24, 2.45) is 0 Å². The lowest BCUT2D eigenvalue weighted by Gasteiger charge is -2.44. The van der Waals surface area contributed by atoms with Gasteiger partial charge in [0, 0.05) is 24.5 Å². The molecule has 1 aliphatic rings. The summed E-state index contributed by atoms with van der Waals surface area (Å²) in [5, 5.41) is 10.3. The third-order valence-corrected chi connectivity index (χ3v) is 4.23. The highest BCUT2D eigenvalue weighted by atomic mass is 16.3. The zero-order chi connectivity index (χ0) is 15.6. The number of hydrogen-bond acceptors (Lipinski definition) is 5. The molecule has 0 unspecified atom stereocenters. The first-order valence-corrected chi connectivity index (χ1v) is 7.47. The molecule has 118 valence electrons. The van der Waals surface area contributed by atoms with Crippen LogP contribution in [0.25, 0.3) is 0 Å². The van der Waals surface area contributed by atoms with Crippen LogP contribution in [0, 0.1) is 0 Å². The van der Waals surface area contributed by atoms with E-state index in [-0.39, 0.29) is 6.47 Å². The molecule has 6 nitrogen and oxygen atoms in total. The van der Waals surface area contributed by atoms with Crippen LogP contribution in [-0.2, 0) is 4.79 Å². The van der Waals surface area contributed by atoms with Crippen LogP contribution in [0.1, 0.15) is 39.0 Å². The lowest BCUT2D eigenvalue weighted by molar-refractivity contribution is -0.122. The Morgan fingerprint density at radius 3 is 2.57 bits per heavy atom. The number of rotatable bonds is 5. The van der Waals surface area contributed by atoms with Crippen molar-refractivity contribution >= 4 is 12.3 Å². The van der Waals surface area contributed by atoms with Crippen molar-refractivity contribution in [1.29, 1.82) is 0 Å². The second-order valence-corrected chi connectivity index (χ2v) is 5.35. The Bertz CT molecular complexity index is 394. The molecule has 1 aliphatic carbocycles. The molecule has 0 saturated heterocycles. The number of anilines is 1. The average molecular weight is 294 g/mol. The maximum atomic E-state index is 8.36. The van der Waals surface area contributed by atoms with Crippen LogP contribution in [0.5, 0.6) is 0 Å². The molecule has 6 heteroatoms. The number of carboxylic acid groups (broad SMARTS) is 1. The van der Waals surface area contributed by atoms with E-state index in [0.29, 0.717) is 5.54 Å². The molecule has 0 aromatic carbocycles. The Balaban J connectivity index is 0.000000677. The number of aromatic nitrogens is 2. The van der Waals surface area contributed by atoms with Crippen LogP contribution in [-0.4, -0.2) is 52.1 Å². The summed E-state index contributed by atoms with van der Waals surface area (Å²) in [4.78, 5) is 19.2. The van der Waals surface area contributed by atoms with E-state index in [0.717, 1.165) is 18.9 Å². The zero-order valence-electron chi connectivity index (χ0n) is 13.0. The fourth-order valence-electron chi connectivity index (χ4n) is 2.88. The summed E-state index contributed by atoms with van der Waals surface area (Å²) in [5.41, 5.74) is 0.296. The van der Waals surface area contributed by atoms with Crippen LogP contribution in [0.3, 0.4) is 0 Å². The first kappa shape index (κ1) is 17.4. The molecule has 2 N–H and O–H groups in total. The van der Waals surface area contributed by atoms with Gasteiger partial charge in [-0.25, -0.2) is 4.98 Å². The Labute approximate surface area is 126 Å². The zero-order valence-corrected chi connectivity index (χ0v) is 13.0. The lowest BCUT2D eigenvalue weighted by Crippen LogP contribution is -2.52. The van der Waals surface area contributed by atoms with Gasteiger partial charge >= 0.3 is 0 Å². The molecule has 0 bridgehead atoms. The van der Waals surface area contributed by atoms with E-state index in [1.54, 1.807) is 18.6 Å². The third kappa shape index (κ3) is 5.30. The monoisotopic (exact) mass is 294 g/mol. The van der Waals surface area contributed by atoms with Crippen molar-refractivity contribution < 1.29 is 9.90 Å². The Hall–Kier alpha value is -1.69. The highest BCUT2D eigenvalue weighted by Crippen LogP contribution is 2.32. The predicted octanol–water partition coefficient (Wildman–Crippen LogP) is 2.24. The molecule has 0 aliphatic heterocycles. The van der Waals surface area contributed by atoms with Crippen molar-refractivity contribution in [3.05, 3.63) is 18.6 Å². The molecule has 0 amide bonds. The summed E-state index contributed by atoms with van der Waals surface area (Å²) in [6.07, 6.45) is 11.9. The number of nitrogens with zero attached hydrogens (tertiary/aromatic N) is 3. The van der Waals surface area contributed by atoms with Crippen LogP contribution >= 0.6 is 0 Å². The summed E-state index contributed by atoms with van der Waals surface area (Å²) < 4.78 is 0. The first-order valence-electron chi connectivity index (χ1n) is 7.47. The highest BCUT2D eigenvalue weighted by molar-refractivity contribution is 5.32. The van der Waals surface area contributed by atoms with Gasteiger partial charge in [0.2, 0.25) is 0 Å². The van der Waals surface area contributed by atoms with Crippen molar-refractivity contribution in [2.45, 2.75) is 44.6 Å². The van der Waals surface area contributed by atoms with E-state index in [1.165, 1.54) is 32.1 Å². The second-order valence-electron chi connectivity index (χ2n) is 5.35. The van der Waals surface area contributed by atoms with Crippen molar-refractivity contribution in [1.82, 2.24) is 14.9 Å². The minimum atomic E-state index is -0.250. The molecule has 1 aromatic rings. The second kappa shape index (κ2) is 9.28. The van der Waals surface area contributed by atoms with Gasteiger partial charge in [0.1, 0.15) is 5.82 Å². The molecular weight excluding hydrogens is 268 g/mol. The molecule has 0 spiro atoms. The summed E-state index contributed by atoms with van der Waals surface area (Å²) >= 11 is 0. The maximum Gasteiger partial charge on any atom is 0.290 e. The van der Waals surface area contributed by atoms with Crippen molar-refractivity contribution in [2.75, 3.05) is 25.5 Å². The highest BCUT2D eigenvalue weighted by Gasteiger charge is 2.35. The molecule has 1 fully saturated rings. The molecule has 1 heterocycles. The smallest absolute Gasteiger partial charge is 0.290 e. The summed E-state index contributed by atoms with van der Waals surface area (Å²) in [6, 6.07) is 0. The minimum Gasteiger partial charge on any atom is -0.483 e. The fraction of sp³-hybridized carbons (Fsp3) is 0.667. The van der Waals surface area contributed by atoms with E-state index in [1.807, 2.05) is 0 Å². The number of carbonyl (C=O) groups is 1. The number of nitrogens with one attached hydrogen (secondary N) is 1. The van der Waals surface area contributed by atoms with Gasteiger partial charge in [-0.1, -0.05) is 26.2 Å². The normalized spacial score (nSPS) is 16.7. The van der Waals surface area contributed by atoms with Crippen molar-refractivity contribution in [3.63, 3.8) is 0 Å². The van der Waals surface area contributed by atoms with E-state index < -0.39 is 0 Å². The Morgan fingerprint density at radius 2 is 2.05 bits per heavy atom. The van der Waals surface area contributed by atoms with E-state index in [4.69, 9.17) is 9.90 Å². The van der Waals surface area contributed by atoms with Crippen LogP contribution < -0.4 is 5.32 Å². The molecule has 0 atom stereocenters. The molecule has 0 radical (unpaired) electrons. The van der Waals surface area contributed by atoms with Gasteiger partial charge < -0.3 is 10.4 Å². The van der Waals surface area contributed by atoms with E-state index in [2.05, 4.69) is 34.2 Å². The minimum absolute atomic E-state index is 0.250. The lowest BCUT2D eigenvalue weighted by atomic mass is 9.80. The van der Waals surface area contributed by atoms with Crippen LogP contribution in [0.2, 0.25) is 0 Å². The number of hydrogen-bond donors (Lipinski definition) is 2. The van der Waals surface area contributed by atoms with Gasteiger partial charge in [-0.05, 0) is 26.4 Å². The summed E-state index contributed by atoms with van der Waals surface area (Å²) in [6.45, 7) is 4.05. The maximum absolute atomic E-state index is 8.36. The molecule has 1 aromatic heterocycles. The SMILES string of the molecule is CCN(C)C1(CNc2cnccn2)CCCCC1.O=CO. The van der Waals surface area contributed by atoms with Gasteiger partial charge in [-0.3, -0.25) is 14.7 Å². The average Bonchev–Trinajstić information content (AvgIpc) is 2.55. The first-order chi connectivity index (χ1) is 10.2. The van der Waals surface area contributed by atoms with E-state index >= 15 is 0 Å². The van der Waals surface area contributed by atoms with Crippen molar-refractivity contribution in [3.8, 4) is 0 Å². The van der Waals surface area contributed by atoms with Crippen LogP contribution in [0.4, 0.5) is 5.82 Å². The van der Waals surface area contributed by atoms with Gasteiger partial charge in [0.25, 0.3) is 6.47 Å². The van der Waals surface area contributed by atoms with E-state index in [9.17, 15) is 0 Å². The van der Waals surface area contributed by atoms with Gasteiger partial charge in [-0.2, -0.15) is 0 Å². The third-order valence-electron chi connectivity index (χ3n) is 4.23.